The van der Waals surface area contributed by atoms with Gasteiger partial charge in [0, 0.05) is 19.3 Å². The molecule has 0 aliphatic carbocycles. The lowest BCUT2D eigenvalue weighted by molar-refractivity contribution is -0.166. The first-order chi connectivity index (χ1) is 28.5. The first kappa shape index (κ1) is 53.8. The third kappa shape index (κ3) is 42.9. The van der Waals surface area contributed by atoms with Gasteiger partial charge in [-0.2, -0.15) is 0 Å². The summed E-state index contributed by atoms with van der Waals surface area (Å²) in [4.78, 5) is 37.5. The van der Waals surface area contributed by atoms with Crippen molar-refractivity contribution in [1.82, 2.24) is 0 Å². The van der Waals surface area contributed by atoms with E-state index >= 15 is 0 Å². The fourth-order valence-electron chi connectivity index (χ4n) is 5.40. The average molecular weight is 801 g/mol. The summed E-state index contributed by atoms with van der Waals surface area (Å²) >= 11 is 0. The SMILES string of the molecule is CC/C=C\C/C=C\C/C=C\C/C=C\C/C=C\C/C=C\CCC(=O)OCC(COC(=O)CCCCCCCC)OC(=O)CCCC/C=C\C/C=C\C/C=C\C/C=C\CC. The molecule has 0 aliphatic heterocycles. The van der Waals surface area contributed by atoms with Crippen LogP contribution in [0.5, 0.6) is 0 Å². The largest absolute Gasteiger partial charge is 0.462 e. The second kappa shape index (κ2) is 45.5. The molecule has 0 fully saturated rings. The van der Waals surface area contributed by atoms with Gasteiger partial charge >= 0.3 is 17.9 Å². The van der Waals surface area contributed by atoms with Gasteiger partial charge in [0.1, 0.15) is 13.2 Å². The molecule has 0 saturated carbocycles. The molecule has 0 radical (unpaired) electrons. The van der Waals surface area contributed by atoms with E-state index in [4.69, 9.17) is 14.2 Å². The zero-order valence-electron chi connectivity index (χ0n) is 36.8. The highest BCUT2D eigenvalue weighted by Crippen LogP contribution is 2.10. The van der Waals surface area contributed by atoms with Crippen molar-refractivity contribution in [3.05, 3.63) is 122 Å². The van der Waals surface area contributed by atoms with Crippen LogP contribution in [0.3, 0.4) is 0 Å². The van der Waals surface area contributed by atoms with Crippen LogP contribution in [0.1, 0.15) is 168 Å². The van der Waals surface area contributed by atoms with Gasteiger partial charge in [0.25, 0.3) is 0 Å². The van der Waals surface area contributed by atoms with Crippen molar-refractivity contribution in [3.8, 4) is 0 Å². The van der Waals surface area contributed by atoms with Crippen LogP contribution in [0.15, 0.2) is 122 Å². The number of hydrogen-bond donors (Lipinski definition) is 0. The molecule has 1 atom stereocenters. The number of esters is 3. The predicted octanol–water partition coefficient (Wildman–Crippen LogP) is 14.6. The summed E-state index contributed by atoms with van der Waals surface area (Å²) < 4.78 is 16.5. The van der Waals surface area contributed by atoms with Crippen LogP contribution >= 0.6 is 0 Å². The second-order valence-corrected chi connectivity index (χ2v) is 14.2. The molecule has 0 amide bonds. The lowest BCUT2D eigenvalue weighted by atomic mass is 10.1. The normalized spacial score (nSPS) is 13.2. The Bertz CT molecular complexity index is 1290. The molecule has 0 aromatic heterocycles. The fraction of sp³-hybridized carbons (Fsp3) is 0.558. The van der Waals surface area contributed by atoms with Gasteiger partial charge in [0.15, 0.2) is 6.10 Å². The van der Waals surface area contributed by atoms with E-state index < -0.39 is 6.10 Å². The number of ether oxygens (including phenoxy) is 3. The molecule has 6 nitrogen and oxygen atoms in total. The first-order valence-electron chi connectivity index (χ1n) is 22.5. The van der Waals surface area contributed by atoms with Gasteiger partial charge < -0.3 is 14.2 Å². The van der Waals surface area contributed by atoms with Crippen LogP contribution in [0.4, 0.5) is 0 Å². The van der Waals surface area contributed by atoms with Crippen molar-refractivity contribution in [2.75, 3.05) is 13.2 Å². The Labute approximate surface area is 354 Å². The van der Waals surface area contributed by atoms with E-state index in [1.165, 1.54) is 19.3 Å². The highest BCUT2D eigenvalue weighted by Gasteiger charge is 2.19. The van der Waals surface area contributed by atoms with Crippen molar-refractivity contribution in [2.24, 2.45) is 0 Å². The Morgan fingerprint density at radius 3 is 1.16 bits per heavy atom. The molecule has 0 saturated heterocycles. The predicted molar refractivity (Wildman–Crippen MR) is 246 cm³/mol. The van der Waals surface area contributed by atoms with Gasteiger partial charge in [0.2, 0.25) is 0 Å². The highest BCUT2D eigenvalue weighted by molar-refractivity contribution is 5.71. The molecule has 0 spiro atoms. The average Bonchev–Trinajstić information content (AvgIpc) is 3.22. The second-order valence-electron chi connectivity index (χ2n) is 14.2. The minimum absolute atomic E-state index is 0.122. The maximum absolute atomic E-state index is 12.7. The minimum atomic E-state index is -0.829. The number of rotatable bonds is 38. The molecule has 58 heavy (non-hydrogen) atoms. The quantitative estimate of drug-likeness (QED) is 0.0268. The maximum atomic E-state index is 12.7. The van der Waals surface area contributed by atoms with Crippen molar-refractivity contribution >= 4 is 17.9 Å². The van der Waals surface area contributed by atoms with Gasteiger partial charge in [0.05, 0.1) is 0 Å². The van der Waals surface area contributed by atoms with E-state index in [1.807, 2.05) is 12.2 Å². The Hall–Kier alpha value is -4.19. The maximum Gasteiger partial charge on any atom is 0.306 e. The van der Waals surface area contributed by atoms with Crippen LogP contribution in [-0.4, -0.2) is 37.2 Å². The van der Waals surface area contributed by atoms with Crippen LogP contribution in [0, 0.1) is 0 Å². The Balaban J connectivity index is 4.49. The van der Waals surface area contributed by atoms with Crippen molar-refractivity contribution < 1.29 is 28.6 Å². The van der Waals surface area contributed by atoms with Crippen LogP contribution in [-0.2, 0) is 28.6 Å². The first-order valence-corrected chi connectivity index (χ1v) is 22.5. The van der Waals surface area contributed by atoms with Gasteiger partial charge in [-0.1, -0.05) is 174 Å². The lowest BCUT2D eigenvalue weighted by Gasteiger charge is -2.18. The Morgan fingerprint density at radius 1 is 0.362 bits per heavy atom. The van der Waals surface area contributed by atoms with Crippen molar-refractivity contribution in [1.29, 1.82) is 0 Å². The monoisotopic (exact) mass is 801 g/mol. The summed E-state index contributed by atoms with van der Waals surface area (Å²) in [5, 5.41) is 0. The van der Waals surface area contributed by atoms with Gasteiger partial charge in [-0.05, 0) is 96.3 Å². The zero-order valence-corrected chi connectivity index (χ0v) is 36.8. The summed E-state index contributed by atoms with van der Waals surface area (Å²) in [6.45, 7) is 6.20. The Kier molecular flexibility index (Phi) is 42.2. The topological polar surface area (TPSA) is 78.9 Å². The van der Waals surface area contributed by atoms with Crippen LogP contribution in [0.2, 0.25) is 0 Å². The summed E-state index contributed by atoms with van der Waals surface area (Å²) in [5.41, 5.74) is 0. The summed E-state index contributed by atoms with van der Waals surface area (Å²) in [6.07, 6.45) is 62.2. The van der Waals surface area contributed by atoms with E-state index in [0.717, 1.165) is 96.3 Å². The van der Waals surface area contributed by atoms with Crippen LogP contribution < -0.4 is 0 Å². The van der Waals surface area contributed by atoms with Gasteiger partial charge in [-0.3, -0.25) is 14.4 Å². The molecule has 0 aromatic carbocycles. The fourth-order valence-corrected chi connectivity index (χ4v) is 5.40. The number of allylic oxidation sites excluding steroid dienone is 20. The smallest absolute Gasteiger partial charge is 0.306 e. The third-order valence-electron chi connectivity index (χ3n) is 8.73. The van der Waals surface area contributed by atoms with E-state index in [2.05, 4.69) is 130 Å². The molecule has 324 valence electrons. The zero-order chi connectivity index (χ0) is 42.3. The molecule has 0 bridgehead atoms. The summed E-state index contributed by atoms with van der Waals surface area (Å²) in [7, 11) is 0. The van der Waals surface area contributed by atoms with Crippen molar-refractivity contribution in [2.45, 2.75) is 175 Å². The number of hydrogen-bond acceptors (Lipinski definition) is 6. The van der Waals surface area contributed by atoms with Gasteiger partial charge in [-0.25, -0.2) is 0 Å². The molecule has 0 N–H and O–H groups in total. The number of carbonyl (C=O) groups is 3. The molecule has 6 heteroatoms. The lowest BCUT2D eigenvalue weighted by Crippen LogP contribution is -2.30. The number of unbranched alkanes of at least 4 members (excludes halogenated alkanes) is 7. The van der Waals surface area contributed by atoms with Gasteiger partial charge in [-0.15, -0.1) is 0 Å². The molecule has 0 heterocycles. The molecule has 0 aliphatic rings. The van der Waals surface area contributed by atoms with Crippen molar-refractivity contribution in [3.63, 3.8) is 0 Å². The van der Waals surface area contributed by atoms with Crippen LogP contribution in [0.25, 0.3) is 0 Å². The molecule has 0 rings (SSSR count). The van der Waals surface area contributed by atoms with E-state index in [0.29, 0.717) is 19.3 Å². The van der Waals surface area contributed by atoms with E-state index in [-0.39, 0.29) is 44.0 Å². The molecule has 0 aromatic rings. The molecular weight excluding hydrogens is 721 g/mol. The van der Waals surface area contributed by atoms with E-state index in [9.17, 15) is 14.4 Å². The molecular formula is C52H80O6. The standard InChI is InChI=1S/C52H80O6/c1-4-7-10-13-16-18-20-22-24-25-26-27-29-30-32-34-36-39-42-45-51(54)57-48-49(47-56-50(53)44-41-38-15-12-9-6-3)58-52(55)46-43-40-37-35-33-31-28-23-21-19-17-14-11-8-5-2/h7-8,10-11,16-19,22-24,26-28,30,32-33,35-36,39,49H,4-6,9,12-15,20-21,25,29,31,34,37-38,40-48H2,1-3H3/b10-7-,11-8-,18-16-,19-17-,24-22-,27-26-,28-23-,32-30-,35-33-,39-36-. The number of carbonyl (C=O) groups excluding carboxylic acids is 3. The highest BCUT2D eigenvalue weighted by atomic mass is 16.6. The molecule has 1 unspecified atom stereocenters. The summed E-state index contributed by atoms with van der Waals surface area (Å²) in [5.74, 6) is -1.08. The Morgan fingerprint density at radius 2 is 0.707 bits per heavy atom. The minimum Gasteiger partial charge on any atom is -0.462 e. The summed E-state index contributed by atoms with van der Waals surface area (Å²) in [6, 6.07) is 0. The van der Waals surface area contributed by atoms with E-state index in [1.54, 1.807) is 0 Å². The third-order valence-corrected chi connectivity index (χ3v) is 8.73.